The summed E-state index contributed by atoms with van der Waals surface area (Å²) in [6, 6.07) is 6.29. The zero-order valence-corrected chi connectivity index (χ0v) is 12.8. The van der Waals surface area contributed by atoms with Crippen LogP contribution in [0.2, 0.25) is 0 Å². The second kappa shape index (κ2) is 6.35. The van der Waals surface area contributed by atoms with E-state index in [9.17, 15) is 4.39 Å². The van der Waals surface area contributed by atoms with Gasteiger partial charge >= 0.3 is 0 Å². The van der Waals surface area contributed by atoms with Crippen molar-refractivity contribution in [3.8, 4) is 0 Å². The smallest absolute Gasteiger partial charge is 0.228 e. The van der Waals surface area contributed by atoms with Gasteiger partial charge in [-0.2, -0.15) is 4.98 Å². The zero-order chi connectivity index (χ0) is 15.5. The quantitative estimate of drug-likeness (QED) is 0.919. The van der Waals surface area contributed by atoms with Gasteiger partial charge in [0.05, 0.1) is 0 Å². The van der Waals surface area contributed by atoms with Crippen molar-refractivity contribution in [2.45, 2.75) is 46.1 Å². The Balaban J connectivity index is 1.93. The van der Waals surface area contributed by atoms with Crippen LogP contribution in [0.15, 0.2) is 28.8 Å². The fourth-order valence-electron chi connectivity index (χ4n) is 2.31. The van der Waals surface area contributed by atoms with Gasteiger partial charge in [-0.05, 0) is 29.5 Å². The summed E-state index contributed by atoms with van der Waals surface area (Å²) in [6.45, 7) is 6.46. The van der Waals surface area contributed by atoms with Crippen molar-refractivity contribution in [2.75, 3.05) is 0 Å². The number of aromatic nitrogens is 2. The molecule has 5 heteroatoms. The van der Waals surface area contributed by atoms with Crippen LogP contribution >= 0.6 is 0 Å². The second-order valence-corrected chi connectivity index (χ2v) is 6.64. The number of nitrogens with zero attached hydrogens (tertiary/aromatic N) is 2. The first-order valence-electron chi connectivity index (χ1n) is 7.13. The van der Waals surface area contributed by atoms with Crippen molar-refractivity contribution in [3.05, 3.63) is 47.4 Å². The Labute approximate surface area is 124 Å². The Hall–Kier alpha value is -1.75. The molecule has 0 bridgehead atoms. The van der Waals surface area contributed by atoms with E-state index in [0.29, 0.717) is 24.6 Å². The lowest BCUT2D eigenvalue weighted by Gasteiger charge is -2.21. The number of hydrogen-bond acceptors (Lipinski definition) is 4. The van der Waals surface area contributed by atoms with Crippen molar-refractivity contribution in [1.82, 2.24) is 10.1 Å². The molecular weight excluding hydrogens is 269 g/mol. The van der Waals surface area contributed by atoms with Crippen LogP contribution in [0.25, 0.3) is 0 Å². The Bertz CT molecular complexity index is 572. The maximum atomic E-state index is 12.8. The average Bonchev–Trinajstić information content (AvgIpc) is 2.77. The van der Waals surface area contributed by atoms with E-state index in [2.05, 4.69) is 30.9 Å². The molecule has 1 unspecified atom stereocenters. The molecular formula is C16H22FN3O. The van der Waals surface area contributed by atoms with Gasteiger partial charge in [0.15, 0.2) is 5.82 Å². The van der Waals surface area contributed by atoms with Gasteiger partial charge in [0, 0.05) is 18.9 Å². The van der Waals surface area contributed by atoms with Gasteiger partial charge in [-0.15, -0.1) is 0 Å². The molecule has 0 fully saturated rings. The number of benzene rings is 1. The Morgan fingerprint density at radius 3 is 2.52 bits per heavy atom. The van der Waals surface area contributed by atoms with Crippen LogP contribution in [-0.4, -0.2) is 16.2 Å². The predicted octanol–water partition coefficient (Wildman–Crippen LogP) is 3.11. The Kier molecular flexibility index (Phi) is 4.73. The lowest BCUT2D eigenvalue weighted by atomic mass is 9.87. The molecule has 1 heterocycles. The molecule has 1 aromatic carbocycles. The number of rotatable bonds is 5. The molecule has 0 aliphatic carbocycles. The van der Waals surface area contributed by atoms with E-state index in [1.165, 1.54) is 12.1 Å². The molecule has 2 N–H and O–H groups in total. The number of hydrogen-bond donors (Lipinski definition) is 1. The van der Waals surface area contributed by atoms with Crippen molar-refractivity contribution in [2.24, 2.45) is 11.1 Å². The molecule has 2 rings (SSSR count). The SMILES string of the molecule is CC(C)(C)CC(N)Cc1nc(Cc2ccc(F)cc2)no1. The Morgan fingerprint density at radius 2 is 1.90 bits per heavy atom. The molecule has 21 heavy (non-hydrogen) atoms. The van der Waals surface area contributed by atoms with Gasteiger partial charge in [0.25, 0.3) is 0 Å². The molecule has 0 saturated carbocycles. The first-order chi connectivity index (χ1) is 9.82. The largest absolute Gasteiger partial charge is 0.339 e. The van der Waals surface area contributed by atoms with Crippen LogP contribution in [0.1, 0.15) is 44.5 Å². The lowest BCUT2D eigenvalue weighted by molar-refractivity contribution is 0.312. The van der Waals surface area contributed by atoms with E-state index in [1.807, 2.05) is 0 Å². The van der Waals surface area contributed by atoms with E-state index in [1.54, 1.807) is 12.1 Å². The maximum Gasteiger partial charge on any atom is 0.228 e. The highest BCUT2D eigenvalue weighted by Crippen LogP contribution is 2.21. The molecule has 0 amide bonds. The molecule has 114 valence electrons. The van der Waals surface area contributed by atoms with Crippen molar-refractivity contribution >= 4 is 0 Å². The van der Waals surface area contributed by atoms with E-state index in [4.69, 9.17) is 10.3 Å². The first kappa shape index (κ1) is 15.6. The predicted molar refractivity (Wildman–Crippen MR) is 79.3 cm³/mol. The topological polar surface area (TPSA) is 64.9 Å². The van der Waals surface area contributed by atoms with Gasteiger partial charge in [0.1, 0.15) is 5.82 Å². The zero-order valence-electron chi connectivity index (χ0n) is 12.8. The molecule has 1 aromatic heterocycles. The summed E-state index contributed by atoms with van der Waals surface area (Å²) in [5.74, 6) is 0.907. The minimum Gasteiger partial charge on any atom is -0.339 e. The number of nitrogens with two attached hydrogens (primary N) is 1. The third kappa shape index (κ3) is 5.27. The van der Waals surface area contributed by atoms with Crippen molar-refractivity contribution < 1.29 is 8.91 Å². The summed E-state index contributed by atoms with van der Waals surface area (Å²) in [5, 5.41) is 3.95. The molecule has 0 aliphatic heterocycles. The van der Waals surface area contributed by atoms with E-state index >= 15 is 0 Å². The molecule has 0 spiro atoms. The van der Waals surface area contributed by atoms with Gasteiger partial charge in [-0.1, -0.05) is 38.1 Å². The standard InChI is InChI=1S/C16H22FN3O/c1-16(2,3)10-13(18)9-15-19-14(20-21-15)8-11-4-6-12(17)7-5-11/h4-7,13H,8-10,18H2,1-3H3. The van der Waals surface area contributed by atoms with Crippen LogP contribution in [-0.2, 0) is 12.8 Å². The van der Waals surface area contributed by atoms with Crippen molar-refractivity contribution in [3.63, 3.8) is 0 Å². The van der Waals surface area contributed by atoms with Gasteiger partial charge in [0.2, 0.25) is 5.89 Å². The third-order valence-electron chi connectivity index (χ3n) is 3.10. The molecule has 0 radical (unpaired) electrons. The molecule has 4 nitrogen and oxygen atoms in total. The van der Waals surface area contributed by atoms with Gasteiger partial charge in [-0.3, -0.25) is 0 Å². The summed E-state index contributed by atoms with van der Waals surface area (Å²) >= 11 is 0. The molecule has 0 aliphatic rings. The highest BCUT2D eigenvalue weighted by molar-refractivity contribution is 5.19. The van der Waals surface area contributed by atoms with E-state index in [-0.39, 0.29) is 17.3 Å². The summed E-state index contributed by atoms with van der Waals surface area (Å²) in [5.41, 5.74) is 7.22. The van der Waals surface area contributed by atoms with Crippen LogP contribution in [0, 0.1) is 11.2 Å². The van der Waals surface area contributed by atoms with Crippen molar-refractivity contribution in [1.29, 1.82) is 0 Å². The molecule has 2 aromatic rings. The Morgan fingerprint density at radius 1 is 1.24 bits per heavy atom. The van der Waals surface area contributed by atoms with Crippen LogP contribution in [0.5, 0.6) is 0 Å². The monoisotopic (exact) mass is 291 g/mol. The van der Waals surface area contributed by atoms with Crippen LogP contribution in [0.3, 0.4) is 0 Å². The van der Waals surface area contributed by atoms with Gasteiger partial charge < -0.3 is 10.3 Å². The average molecular weight is 291 g/mol. The van der Waals surface area contributed by atoms with Crippen LogP contribution in [0.4, 0.5) is 4.39 Å². The highest BCUT2D eigenvalue weighted by atomic mass is 19.1. The van der Waals surface area contributed by atoms with Crippen LogP contribution < -0.4 is 5.73 Å². The first-order valence-corrected chi connectivity index (χ1v) is 7.13. The van der Waals surface area contributed by atoms with E-state index in [0.717, 1.165) is 12.0 Å². The minimum atomic E-state index is -0.249. The highest BCUT2D eigenvalue weighted by Gasteiger charge is 2.18. The summed E-state index contributed by atoms with van der Waals surface area (Å²) < 4.78 is 18.1. The third-order valence-corrected chi connectivity index (χ3v) is 3.10. The maximum absolute atomic E-state index is 12.8. The van der Waals surface area contributed by atoms with Gasteiger partial charge in [-0.25, -0.2) is 4.39 Å². The summed E-state index contributed by atoms with van der Waals surface area (Å²) in [7, 11) is 0. The summed E-state index contributed by atoms with van der Waals surface area (Å²) in [4.78, 5) is 4.35. The van der Waals surface area contributed by atoms with E-state index < -0.39 is 0 Å². The normalized spacial score (nSPS) is 13.4. The second-order valence-electron chi connectivity index (χ2n) is 6.64. The minimum absolute atomic E-state index is 0.00382. The number of halogens is 1. The molecule has 1 atom stereocenters. The fraction of sp³-hybridized carbons (Fsp3) is 0.500. The fourth-order valence-corrected chi connectivity index (χ4v) is 2.31. The lowest BCUT2D eigenvalue weighted by Crippen LogP contribution is -2.28. The summed E-state index contributed by atoms with van der Waals surface area (Å²) in [6.07, 6.45) is 1.99. The molecule has 0 saturated heterocycles.